The van der Waals surface area contributed by atoms with Crippen LogP contribution >= 0.6 is 0 Å². The molecule has 0 saturated carbocycles. The van der Waals surface area contributed by atoms with Gasteiger partial charge in [-0.1, -0.05) is 0 Å². The van der Waals surface area contributed by atoms with Crippen LogP contribution in [0.4, 0.5) is 0 Å². The van der Waals surface area contributed by atoms with Crippen molar-refractivity contribution in [3.05, 3.63) is 48.0 Å². The largest absolute Gasteiger partial charge is 0.465 e. The van der Waals surface area contributed by atoms with Crippen molar-refractivity contribution >= 4 is 5.97 Å². The van der Waals surface area contributed by atoms with Crippen LogP contribution in [-0.2, 0) is 23.6 Å². The van der Waals surface area contributed by atoms with Crippen molar-refractivity contribution in [2.75, 3.05) is 6.61 Å². The fourth-order valence-corrected chi connectivity index (χ4v) is 2.12. The maximum absolute atomic E-state index is 12.2. The van der Waals surface area contributed by atoms with Gasteiger partial charge in [-0.25, -0.2) is 0 Å². The number of nitrogens with zero attached hydrogens (tertiary/aromatic N) is 2. The van der Waals surface area contributed by atoms with E-state index in [2.05, 4.69) is 0 Å². The maximum Gasteiger partial charge on any atom is 0.319 e. The van der Waals surface area contributed by atoms with E-state index in [1.165, 1.54) is 0 Å². The summed E-state index contributed by atoms with van der Waals surface area (Å²) in [5.41, 5.74) is 1.90. The standard InChI is InChI=1S/C14H18N2O2/c1-4-18-14(17)13(11-7-9-15(2)10-11)12-6-5-8-16(12)3/h5-10,13H,4H2,1-3H3. The van der Waals surface area contributed by atoms with Crippen LogP contribution in [0.1, 0.15) is 24.1 Å². The summed E-state index contributed by atoms with van der Waals surface area (Å²) in [7, 11) is 3.88. The van der Waals surface area contributed by atoms with Crippen molar-refractivity contribution in [2.45, 2.75) is 12.8 Å². The molecule has 0 aliphatic heterocycles. The first-order chi connectivity index (χ1) is 8.63. The molecule has 18 heavy (non-hydrogen) atoms. The quantitative estimate of drug-likeness (QED) is 0.774. The molecule has 0 aromatic carbocycles. The van der Waals surface area contributed by atoms with Crippen LogP contribution < -0.4 is 0 Å². The molecule has 96 valence electrons. The van der Waals surface area contributed by atoms with E-state index in [1.54, 1.807) is 0 Å². The summed E-state index contributed by atoms with van der Waals surface area (Å²) in [5, 5.41) is 0. The molecule has 0 fully saturated rings. The minimum Gasteiger partial charge on any atom is -0.465 e. The molecule has 1 unspecified atom stereocenters. The zero-order valence-corrected chi connectivity index (χ0v) is 11.0. The van der Waals surface area contributed by atoms with Crippen LogP contribution in [0.25, 0.3) is 0 Å². The predicted molar refractivity (Wildman–Crippen MR) is 69.3 cm³/mol. The number of aromatic nitrogens is 2. The van der Waals surface area contributed by atoms with Crippen molar-refractivity contribution in [3.63, 3.8) is 0 Å². The molecule has 2 aromatic rings. The molecular formula is C14H18N2O2. The monoisotopic (exact) mass is 246 g/mol. The van der Waals surface area contributed by atoms with Gasteiger partial charge in [0.15, 0.2) is 0 Å². The SMILES string of the molecule is CCOC(=O)C(c1ccn(C)c1)c1cccn1C. The van der Waals surface area contributed by atoms with E-state index >= 15 is 0 Å². The molecule has 0 N–H and O–H groups in total. The molecule has 4 nitrogen and oxygen atoms in total. The Morgan fingerprint density at radius 2 is 2.11 bits per heavy atom. The Morgan fingerprint density at radius 1 is 1.33 bits per heavy atom. The molecule has 2 heterocycles. The van der Waals surface area contributed by atoms with Crippen LogP contribution in [0.5, 0.6) is 0 Å². The van der Waals surface area contributed by atoms with Gasteiger partial charge in [0, 0.05) is 38.4 Å². The van der Waals surface area contributed by atoms with E-state index in [4.69, 9.17) is 4.74 Å². The average molecular weight is 246 g/mol. The highest BCUT2D eigenvalue weighted by Crippen LogP contribution is 2.26. The van der Waals surface area contributed by atoms with E-state index in [1.807, 2.05) is 66.9 Å². The lowest BCUT2D eigenvalue weighted by atomic mass is 9.98. The highest BCUT2D eigenvalue weighted by Gasteiger charge is 2.26. The highest BCUT2D eigenvalue weighted by atomic mass is 16.5. The first-order valence-electron chi connectivity index (χ1n) is 6.03. The lowest BCUT2D eigenvalue weighted by molar-refractivity contribution is -0.144. The molecule has 1 atom stereocenters. The molecular weight excluding hydrogens is 228 g/mol. The van der Waals surface area contributed by atoms with Gasteiger partial charge in [-0.3, -0.25) is 4.79 Å². The van der Waals surface area contributed by atoms with E-state index in [0.29, 0.717) is 6.61 Å². The fourth-order valence-electron chi connectivity index (χ4n) is 2.12. The summed E-state index contributed by atoms with van der Waals surface area (Å²) in [6.07, 6.45) is 5.82. The van der Waals surface area contributed by atoms with Gasteiger partial charge in [-0.2, -0.15) is 0 Å². The van der Waals surface area contributed by atoms with Gasteiger partial charge < -0.3 is 13.9 Å². The van der Waals surface area contributed by atoms with Gasteiger partial charge in [0.05, 0.1) is 6.61 Å². The van der Waals surface area contributed by atoms with Crippen LogP contribution in [0, 0.1) is 0 Å². The third-order valence-electron chi connectivity index (χ3n) is 2.99. The summed E-state index contributed by atoms with van der Waals surface area (Å²) >= 11 is 0. The number of aryl methyl sites for hydroxylation is 2. The summed E-state index contributed by atoms with van der Waals surface area (Å²) in [6, 6.07) is 5.84. The van der Waals surface area contributed by atoms with Crippen molar-refractivity contribution in [1.82, 2.24) is 9.13 Å². The maximum atomic E-state index is 12.2. The third-order valence-corrected chi connectivity index (χ3v) is 2.99. The van der Waals surface area contributed by atoms with E-state index in [-0.39, 0.29) is 11.9 Å². The first kappa shape index (κ1) is 12.5. The number of carbonyl (C=O) groups excluding carboxylic acids is 1. The molecule has 2 aromatic heterocycles. The van der Waals surface area contributed by atoms with Crippen LogP contribution in [0.15, 0.2) is 36.8 Å². The Morgan fingerprint density at radius 3 is 2.61 bits per heavy atom. The molecule has 0 amide bonds. The Hall–Kier alpha value is -1.97. The topological polar surface area (TPSA) is 36.2 Å². The number of hydrogen-bond acceptors (Lipinski definition) is 2. The smallest absolute Gasteiger partial charge is 0.319 e. The summed E-state index contributed by atoms with van der Waals surface area (Å²) in [5.74, 6) is -0.559. The molecule has 0 aliphatic carbocycles. The second kappa shape index (κ2) is 5.12. The van der Waals surface area contributed by atoms with Gasteiger partial charge in [0.25, 0.3) is 0 Å². The van der Waals surface area contributed by atoms with E-state index < -0.39 is 0 Å². The minimum atomic E-state index is -0.355. The van der Waals surface area contributed by atoms with Crippen molar-refractivity contribution in [3.8, 4) is 0 Å². The molecule has 0 aliphatic rings. The highest BCUT2D eigenvalue weighted by molar-refractivity contribution is 5.81. The summed E-state index contributed by atoms with van der Waals surface area (Å²) < 4.78 is 9.07. The number of hydrogen-bond donors (Lipinski definition) is 0. The Balaban J connectivity index is 2.41. The average Bonchev–Trinajstić information content (AvgIpc) is 2.91. The lowest BCUT2D eigenvalue weighted by Crippen LogP contribution is -2.19. The van der Waals surface area contributed by atoms with Crippen LogP contribution in [-0.4, -0.2) is 21.7 Å². The molecule has 0 saturated heterocycles. The van der Waals surface area contributed by atoms with Crippen molar-refractivity contribution < 1.29 is 9.53 Å². The zero-order valence-electron chi connectivity index (χ0n) is 11.0. The molecule has 0 spiro atoms. The predicted octanol–water partition coefficient (Wildman–Crippen LogP) is 2.06. The van der Waals surface area contributed by atoms with Gasteiger partial charge in [0.2, 0.25) is 0 Å². The first-order valence-corrected chi connectivity index (χ1v) is 6.03. The lowest BCUT2D eigenvalue weighted by Gasteiger charge is -2.15. The number of carbonyl (C=O) groups is 1. The minimum absolute atomic E-state index is 0.203. The summed E-state index contributed by atoms with van der Waals surface area (Å²) in [6.45, 7) is 2.22. The van der Waals surface area contributed by atoms with E-state index in [0.717, 1.165) is 11.3 Å². The summed E-state index contributed by atoms with van der Waals surface area (Å²) in [4.78, 5) is 12.2. The van der Waals surface area contributed by atoms with Crippen LogP contribution in [0.3, 0.4) is 0 Å². The second-order valence-electron chi connectivity index (χ2n) is 4.34. The zero-order chi connectivity index (χ0) is 13.1. The number of ether oxygens (including phenoxy) is 1. The molecule has 4 heteroatoms. The fraction of sp³-hybridized carbons (Fsp3) is 0.357. The van der Waals surface area contributed by atoms with Crippen molar-refractivity contribution in [2.24, 2.45) is 14.1 Å². The normalized spacial score (nSPS) is 12.4. The third kappa shape index (κ3) is 2.32. The van der Waals surface area contributed by atoms with Crippen molar-refractivity contribution in [1.29, 1.82) is 0 Å². The van der Waals surface area contributed by atoms with Gasteiger partial charge in [-0.05, 0) is 30.7 Å². The van der Waals surface area contributed by atoms with Gasteiger partial charge in [0.1, 0.15) is 5.92 Å². The number of rotatable bonds is 4. The van der Waals surface area contributed by atoms with Gasteiger partial charge in [-0.15, -0.1) is 0 Å². The molecule has 0 radical (unpaired) electrons. The molecule has 2 rings (SSSR count). The number of esters is 1. The molecule has 0 bridgehead atoms. The second-order valence-corrected chi connectivity index (χ2v) is 4.34. The van der Waals surface area contributed by atoms with E-state index in [9.17, 15) is 4.79 Å². The Kier molecular flexibility index (Phi) is 3.55. The van der Waals surface area contributed by atoms with Gasteiger partial charge >= 0.3 is 5.97 Å². The Labute approximate surface area is 107 Å². The Bertz CT molecular complexity index is 539. The van der Waals surface area contributed by atoms with Crippen LogP contribution in [0.2, 0.25) is 0 Å².